The van der Waals surface area contributed by atoms with E-state index < -0.39 is 0 Å². The maximum Gasteiger partial charge on any atom is -0.0383 e. The maximum atomic E-state index is 2.35. The maximum absolute atomic E-state index is 2.35. The lowest BCUT2D eigenvalue weighted by Gasteiger charge is -2.18. The quantitative estimate of drug-likeness (QED) is 0.504. The van der Waals surface area contributed by atoms with Crippen LogP contribution in [0.1, 0.15) is 39.0 Å². The van der Waals surface area contributed by atoms with Crippen molar-refractivity contribution in [1.82, 2.24) is 0 Å². The minimum absolute atomic E-state index is 1.13. The topological polar surface area (TPSA) is 0 Å². The molecule has 0 spiro atoms. The van der Waals surface area contributed by atoms with Crippen molar-refractivity contribution in [2.75, 3.05) is 0 Å². The molecule has 2 bridgehead atoms. The zero-order valence-corrected chi connectivity index (χ0v) is 6.27. The van der Waals surface area contributed by atoms with Crippen LogP contribution in [-0.4, -0.2) is 0 Å². The Morgan fingerprint density at radius 3 is 2.44 bits per heavy atom. The van der Waals surface area contributed by atoms with E-state index in [2.05, 4.69) is 6.92 Å². The van der Waals surface area contributed by atoms with Crippen LogP contribution < -0.4 is 0 Å². The highest BCUT2D eigenvalue weighted by Gasteiger charge is 2.37. The van der Waals surface area contributed by atoms with Gasteiger partial charge in [0.05, 0.1) is 0 Å². The molecule has 0 unspecified atom stereocenters. The van der Waals surface area contributed by atoms with Crippen LogP contribution in [0, 0.1) is 17.8 Å². The van der Waals surface area contributed by atoms with Crippen LogP contribution in [0.25, 0.3) is 0 Å². The summed E-state index contributed by atoms with van der Waals surface area (Å²) < 4.78 is 0. The molecular weight excluding hydrogens is 108 g/mol. The molecule has 0 aromatic carbocycles. The average molecular weight is 124 g/mol. The zero-order chi connectivity index (χ0) is 6.27. The van der Waals surface area contributed by atoms with E-state index in [0.29, 0.717) is 0 Å². The molecule has 0 heteroatoms. The predicted octanol–water partition coefficient (Wildman–Crippen LogP) is 2.83. The smallest absolute Gasteiger partial charge is 0.0383 e. The van der Waals surface area contributed by atoms with Crippen molar-refractivity contribution >= 4 is 0 Å². The van der Waals surface area contributed by atoms with Crippen molar-refractivity contribution in [2.24, 2.45) is 17.8 Å². The van der Waals surface area contributed by atoms with E-state index in [1.807, 2.05) is 0 Å². The van der Waals surface area contributed by atoms with Crippen molar-refractivity contribution in [3.63, 3.8) is 0 Å². The first-order valence-electron chi connectivity index (χ1n) is 4.40. The SMILES string of the molecule is CC[C@H]1C[C@@H]2CC[C@@H]1C2. The summed E-state index contributed by atoms with van der Waals surface area (Å²) in [5, 5.41) is 0. The lowest BCUT2D eigenvalue weighted by atomic mass is 9.87. The normalized spacial score (nSPS) is 48.3. The van der Waals surface area contributed by atoms with E-state index >= 15 is 0 Å². The van der Waals surface area contributed by atoms with Gasteiger partial charge in [-0.2, -0.15) is 0 Å². The molecule has 0 N–H and O–H groups in total. The Balaban J connectivity index is 2.01. The molecule has 2 fully saturated rings. The first kappa shape index (κ1) is 5.76. The fraction of sp³-hybridized carbons (Fsp3) is 1.00. The van der Waals surface area contributed by atoms with Gasteiger partial charge in [0.15, 0.2) is 0 Å². The summed E-state index contributed by atoms with van der Waals surface area (Å²) in [6, 6.07) is 0. The molecular formula is C9H16. The molecule has 9 heavy (non-hydrogen) atoms. The van der Waals surface area contributed by atoms with Crippen LogP contribution in [0.2, 0.25) is 0 Å². The predicted molar refractivity (Wildman–Crippen MR) is 39.2 cm³/mol. The van der Waals surface area contributed by atoms with Gasteiger partial charge in [-0.15, -0.1) is 0 Å². The van der Waals surface area contributed by atoms with Gasteiger partial charge in [0, 0.05) is 0 Å². The molecule has 52 valence electrons. The third kappa shape index (κ3) is 0.798. The van der Waals surface area contributed by atoms with E-state index in [1.54, 1.807) is 25.7 Å². The Morgan fingerprint density at radius 2 is 2.11 bits per heavy atom. The second kappa shape index (κ2) is 2.00. The summed E-state index contributed by atoms with van der Waals surface area (Å²) >= 11 is 0. The molecule has 2 rings (SSSR count). The fourth-order valence-corrected chi connectivity index (χ4v) is 2.88. The van der Waals surface area contributed by atoms with Crippen LogP contribution in [0.4, 0.5) is 0 Å². The molecule has 0 aromatic heterocycles. The molecule has 0 nitrogen and oxygen atoms in total. The third-order valence-electron chi connectivity index (χ3n) is 3.41. The van der Waals surface area contributed by atoms with Gasteiger partial charge in [-0.05, 0) is 37.0 Å². The second-order valence-electron chi connectivity index (χ2n) is 3.84. The Morgan fingerprint density at radius 1 is 1.22 bits per heavy atom. The Labute approximate surface area is 57.6 Å². The molecule has 0 heterocycles. The Hall–Kier alpha value is 0. The molecule has 3 atom stereocenters. The zero-order valence-electron chi connectivity index (χ0n) is 6.27. The van der Waals surface area contributed by atoms with Crippen molar-refractivity contribution in [2.45, 2.75) is 39.0 Å². The molecule has 0 radical (unpaired) electrons. The minimum Gasteiger partial charge on any atom is -0.0651 e. The molecule has 0 amide bonds. The number of hydrogen-bond acceptors (Lipinski definition) is 0. The van der Waals surface area contributed by atoms with E-state index in [4.69, 9.17) is 0 Å². The summed E-state index contributed by atoms with van der Waals surface area (Å²) in [6.07, 6.45) is 7.71. The Kier molecular flexibility index (Phi) is 1.28. The molecule has 2 saturated carbocycles. The standard InChI is InChI=1S/C9H16/c1-2-8-5-7-3-4-9(8)6-7/h7-9H,2-6H2,1H3/t7-,8-,9+/m0/s1. The summed E-state index contributed by atoms with van der Waals surface area (Å²) in [5.41, 5.74) is 0. The van der Waals surface area contributed by atoms with Crippen molar-refractivity contribution in [1.29, 1.82) is 0 Å². The second-order valence-corrected chi connectivity index (χ2v) is 3.84. The van der Waals surface area contributed by atoms with E-state index in [-0.39, 0.29) is 0 Å². The Bertz CT molecular complexity index is 107. The highest BCUT2D eigenvalue weighted by Crippen LogP contribution is 2.49. The highest BCUT2D eigenvalue weighted by atomic mass is 14.4. The number of hydrogen-bond donors (Lipinski definition) is 0. The first-order valence-corrected chi connectivity index (χ1v) is 4.40. The summed E-state index contributed by atoms with van der Waals surface area (Å²) in [6.45, 7) is 2.35. The van der Waals surface area contributed by atoms with Gasteiger partial charge in [0.25, 0.3) is 0 Å². The third-order valence-corrected chi connectivity index (χ3v) is 3.41. The van der Waals surface area contributed by atoms with Gasteiger partial charge < -0.3 is 0 Å². The van der Waals surface area contributed by atoms with Crippen molar-refractivity contribution in [3.05, 3.63) is 0 Å². The van der Waals surface area contributed by atoms with Gasteiger partial charge in [-0.3, -0.25) is 0 Å². The van der Waals surface area contributed by atoms with Gasteiger partial charge >= 0.3 is 0 Å². The van der Waals surface area contributed by atoms with Crippen LogP contribution in [-0.2, 0) is 0 Å². The first-order chi connectivity index (χ1) is 4.40. The number of fused-ring (bicyclic) bond motifs is 2. The van der Waals surface area contributed by atoms with E-state index in [1.165, 1.54) is 6.42 Å². The largest absolute Gasteiger partial charge is 0.0651 e. The van der Waals surface area contributed by atoms with Gasteiger partial charge in [-0.1, -0.05) is 19.8 Å². The van der Waals surface area contributed by atoms with E-state index in [9.17, 15) is 0 Å². The average Bonchev–Trinajstić information content (AvgIpc) is 2.45. The minimum atomic E-state index is 1.13. The van der Waals surface area contributed by atoms with Gasteiger partial charge in [0.1, 0.15) is 0 Å². The molecule has 2 aliphatic carbocycles. The summed E-state index contributed by atoms with van der Waals surface area (Å²) in [7, 11) is 0. The summed E-state index contributed by atoms with van der Waals surface area (Å²) in [4.78, 5) is 0. The van der Waals surface area contributed by atoms with Crippen LogP contribution >= 0.6 is 0 Å². The van der Waals surface area contributed by atoms with Gasteiger partial charge in [0.2, 0.25) is 0 Å². The van der Waals surface area contributed by atoms with Gasteiger partial charge in [-0.25, -0.2) is 0 Å². The lowest BCUT2D eigenvalue weighted by molar-refractivity contribution is 0.324. The molecule has 0 aromatic rings. The van der Waals surface area contributed by atoms with Crippen molar-refractivity contribution in [3.8, 4) is 0 Å². The van der Waals surface area contributed by atoms with Crippen molar-refractivity contribution < 1.29 is 0 Å². The molecule has 0 saturated heterocycles. The molecule has 0 aliphatic heterocycles. The fourth-order valence-electron chi connectivity index (χ4n) is 2.88. The van der Waals surface area contributed by atoms with Crippen LogP contribution in [0.15, 0.2) is 0 Å². The monoisotopic (exact) mass is 124 g/mol. The summed E-state index contributed by atoms with van der Waals surface area (Å²) in [5.74, 6) is 3.43. The highest BCUT2D eigenvalue weighted by molar-refractivity contribution is 4.88. The molecule has 2 aliphatic rings. The van der Waals surface area contributed by atoms with Crippen LogP contribution in [0.5, 0.6) is 0 Å². The number of rotatable bonds is 1. The van der Waals surface area contributed by atoms with E-state index in [0.717, 1.165) is 17.8 Å². The lowest BCUT2D eigenvalue weighted by Crippen LogP contribution is -2.08. The van der Waals surface area contributed by atoms with Crippen LogP contribution in [0.3, 0.4) is 0 Å².